The molecule has 8 nitrogen and oxygen atoms in total. The number of aliphatic carboxylic acids is 1. The predicted molar refractivity (Wildman–Crippen MR) is 112 cm³/mol. The van der Waals surface area contributed by atoms with Gasteiger partial charge in [-0.25, -0.2) is 4.79 Å². The number of nitrogens with zero attached hydrogens (tertiary/aromatic N) is 1. The normalized spacial score (nSPS) is 12.7. The summed E-state index contributed by atoms with van der Waals surface area (Å²) in [7, 11) is 0. The Balaban J connectivity index is 1.64. The third kappa shape index (κ3) is 5.39. The zero-order valence-electron chi connectivity index (χ0n) is 16.8. The summed E-state index contributed by atoms with van der Waals surface area (Å²) in [4.78, 5) is 35.6. The van der Waals surface area contributed by atoms with E-state index in [1.165, 1.54) is 0 Å². The predicted octanol–water partition coefficient (Wildman–Crippen LogP) is 2.79. The number of carbonyl (C=O) groups excluding carboxylic acids is 2. The number of benzene rings is 2. The van der Waals surface area contributed by atoms with Crippen molar-refractivity contribution in [2.75, 3.05) is 13.2 Å². The summed E-state index contributed by atoms with van der Waals surface area (Å²) in [5, 5.41) is 22.5. The van der Waals surface area contributed by atoms with Gasteiger partial charge in [0.1, 0.15) is 12.6 Å². The molecule has 1 aliphatic carbocycles. The van der Waals surface area contributed by atoms with Crippen LogP contribution in [0.2, 0.25) is 0 Å². The molecule has 31 heavy (non-hydrogen) atoms. The van der Waals surface area contributed by atoms with Gasteiger partial charge in [0, 0.05) is 18.9 Å². The van der Waals surface area contributed by atoms with Crippen LogP contribution in [-0.2, 0) is 14.3 Å². The average Bonchev–Trinajstić information content (AvgIpc) is 3.09. The van der Waals surface area contributed by atoms with Crippen LogP contribution in [0.4, 0.5) is 4.79 Å². The van der Waals surface area contributed by atoms with Crippen molar-refractivity contribution in [3.8, 4) is 17.2 Å². The van der Waals surface area contributed by atoms with Crippen LogP contribution in [-0.4, -0.2) is 42.3 Å². The van der Waals surface area contributed by atoms with Gasteiger partial charge in [-0.15, -0.1) is 0 Å². The standard InChI is InChI=1S/C23H23N3O5/c24-12-5-13-25-22(29)20(10-11-21(27)28)26-23(30)31-14-19-17-8-3-1-6-15(17)16-7-2-4-9-18(16)19/h1-4,6-9,19-20H,5,10-11,13-14H2,(H,25,29)(H,26,30)(H,27,28). The van der Waals surface area contributed by atoms with E-state index in [1.54, 1.807) is 0 Å². The molecule has 3 rings (SSSR count). The lowest BCUT2D eigenvalue weighted by Gasteiger charge is -2.19. The summed E-state index contributed by atoms with van der Waals surface area (Å²) in [6, 6.07) is 16.7. The Hall–Kier alpha value is -3.86. The monoisotopic (exact) mass is 421 g/mol. The highest BCUT2D eigenvalue weighted by molar-refractivity contribution is 5.86. The summed E-state index contributed by atoms with van der Waals surface area (Å²) in [6.45, 7) is 0.201. The molecule has 2 aromatic rings. The number of hydrogen-bond acceptors (Lipinski definition) is 5. The summed E-state index contributed by atoms with van der Waals surface area (Å²) in [5.74, 6) is -1.76. The molecule has 1 atom stereocenters. The first-order valence-corrected chi connectivity index (χ1v) is 9.99. The molecule has 0 fully saturated rings. The van der Waals surface area contributed by atoms with E-state index in [2.05, 4.69) is 10.6 Å². The molecule has 160 valence electrons. The van der Waals surface area contributed by atoms with Crippen LogP contribution >= 0.6 is 0 Å². The van der Waals surface area contributed by atoms with Gasteiger partial charge in [0.15, 0.2) is 0 Å². The maximum atomic E-state index is 12.4. The molecule has 1 unspecified atom stereocenters. The van der Waals surface area contributed by atoms with E-state index in [1.807, 2.05) is 54.6 Å². The van der Waals surface area contributed by atoms with Crippen molar-refractivity contribution in [2.45, 2.75) is 31.2 Å². The lowest BCUT2D eigenvalue weighted by Crippen LogP contribution is -2.47. The highest BCUT2D eigenvalue weighted by Gasteiger charge is 2.29. The van der Waals surface area contributed by atoms with E-state index in [0.717, 1.165) is 22.3 Å². The molecule has 0 saturated carbocycles. The fourth-order valence-electron chi connectivity index (χ4n) is 3.68. The number of carbonyl (C=O) groups is 3. The summed E-state index contributed by atoms with van der Waals surface area (Å²) in [6.07, 6.45) is -1.06. The van der Waals surface area contributed by atoms with E-state index in [4.69, 9.17) is 15.1 Å². The van der Waals surface area contributed by atoms with E-state index in [0.29, 0.717) is 0 Å². The van der Waals surface area contributed by atoms with Crippen molar-refractivity contribution >= 4 is 18.0 Å². The smallest absolute Gasteiger partial charge is 0.407 e. The maximum Gasteiger partial charge on any atom is 0.407 e. The second-order valence-corrected chi connectivity index (χ2v) is 7.15. The molecular formula is C23H23N3O5. The number of fused-ring (bicyclic) bond motifs is 3. The van der Waals surface area contributed by atoms with Crippen molar-refractivity contribution < 1.29 is 24.2 Å². The molecule has 0 spiro atoms. The highest BCUT2D eigenvalue weighted by atomic mass is 16.5. The third-order valence-electron chi connectivity index (χ3n) is 5.14. The summed E-state index contributed by atoms with van der Waals surface area (Å²) in [5.41, 5.74) is 4.33. The molecule has 2 amide bonds. The van der Waals surface area contributed by atoms with Gasteiger partial charge in [-0.05, 0) is 28.7 Å². The number of alkyl carbamates (subject to hydrolysis) is 1. The van der Waals surface area contributed by atoms with E-state index in [9.17, 15) is 14.4 Å². The zero-order valence-corrected chi connectivity index (χ0v) is 16.8. The first-order valence-electron chi connectivity index (χ1n) is 9.99. The Labute approximate surface area is 179 Å². The molecule has 0 saturated heterocycles. The fraction of sp³-hybridized carbons (Fsp3) is 0.304. The summed E-state index contributed by atoms with van der Waals surface area (Å²) < 4.78 is 5.42. The Morgan fingerprint density at radius 1 is 1.06 bits per heavy atom. The van der Waals surface area contributed by atoms with Crippen LogP contribution in [0, 0.1) is 11.3 Å². The quantitative estimate of drug-likeness (QED) is 0.534. The number of amides is 2. The molecule has 8 heteroatoms. The van der Waals surface area contributed by atoms with Gasteiger partial charge in [0.2, 0.25) is 5.91 Å². The van der Waals surface area contributed by atoms with Gasteiger partial charge >= 0.3 is 12.1 Å². The topological polar surface area (TPSA) is 129 Å². The van der Waals surface area contributed by atoms with Gasteiger partial charge in [0.25, 0.3) is 0 Å². The highest BCUT2D eigenvalue weighted by Crippen LogP contribution is 2.44. The third-order valence-corrected chi connectivity index (χ3v) is 5.14. The van der Waals surface area contributed by atoms with Crippen LogP contribution in [0.25, 0.3) is 11.1 Å². The molecule has 0 aromatic heterocycles. The first kappa shape index (κ1) is 21.8. The van der Waals surface area contributed by atoms with Crippen molar-refractivity contribution in [1.29, 1.82) is 5.26 Å². The Morgan fingerprint density at radius 2 is 1.68 bits per heavy atom. The maximum absolute atomic E-state index is 12.4. The van der Waals surface area contributed by atoms with Gasteiger partial charge < -0.3 is 20.5 Å². The molecule has 2 aromatic carbocycles. The van der Waals surface area contributed by atoms with Crippen molar-refractivity contribution in [2.24, 2.45) is 0 Å². The molecule has 3 N–H and O–H groups in total. The van der Waals surface area contributed by atoms with Crippen LogP contribution in [0.1, 0.15) is 36.3 Å². The fourth-order valence-corrected chi connectivity index (χ4v) is 3.68. The molecular weight excluding hydrogens is 398 g/mol. The second-order valence-electron chi connectivity index (χ2n) is 7.15. The number of nitriles is 1. The lowest BCUT2D eigenvalue weighted by molar-refractivity contribution is -0.137. The minimum absolute atomic E-state index is 0.0849. The number of hydrogen-bond donors (Lipinski definition) is 3. The van der Waals surface area contributed by atoms with Crippen molar-refractivity contribution in [1.82, 2.24) is 10.6 Å². The molecule has 1 aliphatic rings. The van der Waals surface area contributed by atoms with E-state index < -0.39 is 24.0 Å². The molecule has 0 aliphatic heterocycles. The van der Waals surface area contributed by atoms with Crippen molar-refractivity contribution in [3.63, 3.8) is 0 Å². The van der Waals surface area contributed by atoms with Crippen molar-refractivity contribution in [3.05, 3.63) is 59.7 Å². The lowest BCUT2D eigenvalue weighted by atomic mass is 9.98. The minimum atomic E-state index is -1.08. The Bertz CT molecular complexity index is 969. The van der Waals surface area contributed by atoms with Crippen LogP contribution < -0.4 is 10.6 Å². The van der Waals surface area contributed by atoms with E-state index in [-0.39, 0.29) is 38.3 Å². The Morgan fingerprint density at radius 3 is 2.26 bits per heavy atom. The van der Waals surface area contributed by atoms with E-state index >= 15 is 0 Å². The Kier molecular flexibility index (Phi) is 7.22. The van der Waals surface area contributed by atoms with Crippen LogP contribution in [0.15, 0.2) is 48.5 Å². The summed E-state index contributed by atoms with van der Waals surface area (Å²) >= 11 is 0. The largest absolute Gasteiger partial charge is 0.481 e. The number of nitrogens with one attached hydrogen (secondary N) is 2. The SMILES string of the molecule is N#CCCNC(=O)C(CCC(=O)O)NC(=O)OCC1c2ccccc2-c2ccccc21. The number of ether oxygens (including phenoxy) is 1. The first-order chi connectivity index (χ1) is 15.0. The van der Waals surface area contributed by atoms with Gasteiger partial charge in [-0.2, -0.15) is 5.26 Å². The van der Waals surface area contributed by atoms with Gasteiger partial charge in [0.05, 0.1) is 12.5 Å². The number of rotatable bonds is 9. The van der Waals surface area contributed by atoms with Gasteiger partial charge in [-0.3, -0.25) is 9.59 Å². The molecule has 0 heterocycles. The van der Waals surface area contributed by atoms with Crippen LogP contribution in [0.3, 0.4) is 0 Å². The number of carboxylic acids is 1. The zero-order chi connectivity index (χ0) is 22.2. The van der Waals surface area contributed by atoms with Crippen LogP contribution in [0.5, 0.6) is 0 Å². The minimum Gasteiger partial charge on any atom is -0.481 e. The molecule has 0 bridgehead atoms. The second kappa shape index (κ2) is 10.3. The average molecular weight is 421 g/mol. The van der Waals surface area contributed by atoms with Gasteiger partial charge in [-0.1, -0.05) is 48.5 Å². The molecule has 0 radical (unpaired) electrons. The number of carboxylic acid groups (broad SMARTS) is 1.